The quantitative estimate of drug-likeness (QED) is 0.860. The minimum atomic E-state index is -0.289. The Morgan fingerprint density at radius 2 is 1.73 bits per heavy atom. The average Bonchev–Trinajstić information content (AvgIpc) is 2.52. The Morgan fingerprint density at radius 3 is 2.32 bits per heavy atom. The molecule has 2 aromatic carbocycles. The number of carbonyl (C=O) groups excluding carboxylic acids is 1. The first kappa shape index (κ1) is 15.8. The molecule has 0 aliphatic heterocycles. The van der Waals surface area contributed by atoms with Gasteiger partial charge in [0.25, 0.3) is 0 Å². The van der Waals surface area contributed by atoms with Crippen LogP contribution in [0.15, 0.2) is 54.6 Å². The normalized spacial score (nSPS) is 10.7. The average molecular weight is 298 g/mol. The number of benzene rings is 2. The van der Waals surface area contributed by atoms with Crippen molar-refractivity contribution in [3.63, 3.8) is 0 Å². The van der Waals surface area contributed by atoms with Gasteiger partial charge in [0.1, 0.15) is 5.82 Å². The van der Waals surface area contributed by atoms with Crippen LogP contribution in [0.2, 0.25) is 0 Å². The van der Waals surface area contributed by atoms with Crippen molar-refractivity contribution in [3.8, 4) is 0 Å². The van der Waals surface area contributed by atoms with Crippen LogP contribution in [0.25, 0.3) is 6.08 Å². The van der Waals surface area contributed by atoms with E-state index in [2.05, 4.69) is 5.32 Å². The predicted molar refractivity (Wildman–Crippen MR) is 88.0 cm³/mol. The highest BCUT2D eigenvalue weighted by Crippen LogP contribution is 2.12. The topological polar surface area (TPSA) is 32.3 Å². The molecular formula is C18H19FN2O. The van der Waals surface area contributed by atoms with Crippen LogP contribution in [0.4, 0.5) is 10.1 Å². The summed E-state index contributed by atoms with van der Waals surface area (Å²) >= 11 is 0. The molecule has 0 aliphatic rings. The molecule has 0 atom stereocenters. The first-order valence-electron chi connectivity index (χ1n) is 7.02. The lowest BCUT2D eigenvalue weighted by molar-refractivity contribution is -0.116. The standard InChI is InChI=1S/C18H19FN2O/c1-21(2)17-10-5-15(6-11-17)13-20-18(22)12-7-14-3-8-16(19)9-4-14/h3-12H,13H2,1-2H3,(H,20,22)/b12-7+. The Hall–Kier alpha value is -2.62. The van der Waals surface area contributed by atoms with Crippen molar-refractivity contribution in [2.24, 2.45) is 0 Å². The van der Waals surface area contributed by atoms with Crippen molar-refractivity contribution < 1.29 is 9.18 Å². The first-order chi connectivity index (χ1) is 10.5. The van der Waals surface area contributed by atoms with Gasteiger partial charge in [-0.05, 0) is 41.5 Å². The molecule has 1 amide bonds. The summed E-state index contributed by atoms with van der Waals surface area (Å²) in [5.74, 6) is -0.469. The number of anilines is 1. The number of hydrogen-bond acceptors (Lipinski definition) is 2. The van der Waals surface area contributed by atoms with Crippen molar-refractivity contribution in [1.82, 2.24) is 5.32 Å². The molecule has 1 N–H and O–H groups in total. The molecule has 3 nitrogen and oxygen atoms in total. The van der Waals surface area contributed by atoms with Gasteiger partial charge in [0, 0.05) is 32.4 Å². The summed E-state index contributed by atoms with van der Waals surface area (Å²) < 4.78 is 12.8. The number of amides is 1. The number of carbonyl (C=O) groups is 1. The lowest BCUT2D eigenvalue weighted by Gasteiger charge is -2.12. The van der Waals surface area contributed by atoms with E-state index in [1.807, 2.05) is 43.3 Å². The molecule has 0 aromatic heterocycles. The second-order valence-corrected chi connectivity index (χ2v) is 5.16. The Morgan fingerprint density at radius 1 is 1.09 bits per heavy atom. The molecule has 0 aliphatic carbocycles. The number of halogens is 1. The molecule has 2 aromatic rings. The highest BCUT2D eigenvalue weighted by atomic mass is 19.1. The maximum atomic E-state index is 12.8. The Labute approximate surface area is 130 Å². The third kappa shape index (κ3) is 4.74. The van der Waals surface area contributed by atoms with Gasteiger partial charge in [0.2, 0.25) is 5.91 Å². The number of nitrogens with zero attached hydrogens (tertiary/aromatic N) is 1. The molecule has 0 saturated carbocycles. The molecule has 0 saturated heterocycles. The smallest absolute Gasteiger partial charge is 0.244 e. The van der Waals surface area contributed by atoms with Crippen molar-refractivity contribution in [2.45, 2.75) is 6.54 Å². The van der Waals surface area contributed by atoms with Crippen LogP contribution in [0.1, 0.15) is 11.1 Å². The minimum Gasteiger partial charge on any atom is -0.378 e. The molecule has 22 heavy (non-hydrogen) atoms. The lowest BCUT2D eigenvalue weighted by Crippen LogP contribution is -2.20. The molecule has 0 spiro atoms. The Balaban J connectivity index is 1.85. The second kappa shape index (κ2) is 7.41. The summed E-state index contributed by atoms with van der Waals surface area (Å²) in [6.45, 7) is 0.473. The van der Waals surface area contributed by atoms with Crippen LogP contribution in [-0.2, 0) is 11.3 Å². The van der Waals surface area contributed by atoms with E-state index in [0.29, 0.717) is 6.54 Å². The monoisotopic (exact) mass is 298 g/mol. The van der Waals surface area contributed by atoms with Crippen LogP contribution < -0.4 is 10.2 Å². The summed E-state index contributed by atoms with van der Waals surface area (Å²) in [6.07, 6.45) is 3.10. The van der Waals surface area contributed by atoms with Gasteiger partial charge in [-0.2, -0.15) is 0 Å². The molecule has 0 bridgehead atoms. The molecule has 4 heteroatoms. The van der Waals surface area contributed by atoms with E-state index >= 15 is 0 Å². The Kier molecular flexibility index (Phi) is 5.31. The van der Waals surface area contributed by atoms with Crippen molar-refractivity contribution in [2.75, 3.05) is 19.0 Å². The largest absolute Gasteiger partial charge is 0.378 e. The summed E-state index contributed by atoms with van der Waals surface area (Å²) in [5.41, 5.74) is 2.94. The fourth-order valence-electron chi connectivity index (χ4n) is 1.91. The highest BCUT2D eigenvalue weighted by molar-refractivity contribution is 5.91. The van der Waals surface area contributed by atoms with Crippen LogP contribution >= 0.6 is 0 Å². The van der Waals surface area contributed by atoms with Gasteiger partial charge in [-0.15, -0.1) is 0 Å². The summed E-state index contributed by atoms with van der Waals surface area (Å²) in [7, 11) is 3.97. The van der Waals surface area contributed by atoms with Crippen molar-refractivity contribution >= 4 is 17.7 Å². The fraction of sp³-hybridized carbons (Fsp3) is 0.167. The third-order valence-corrected chi connectivity index (χ3v) is 3.22. The van der Waals surface area contributed by atoms with Gasteiger partial charge in [0.15, 0.2) is 0 Å². The summed E-state index contributed by atoms with van der Waals surface area (Å²) in [6, 6.07) is 14.0. The SMILES string of the molecule is CN(C)c1ccc(CNC(=O)/C=C/c2ccc(F)cc2)cc1. The van der Waals surface area contributed by atoms with E-state index in [4.69, 9.17) is 0 Å². The zero-order valence-electron chi connectivity index (χ0n) is 12.7. The third-order valence-electron chi connectivity index (χ3n) is 3.22. The maximum Gasteiger partial charge on any atom is 0.244 e. The summed E-state index contributed by atoms with van der Waals surface area (Å²) in [5, 5.41) is 2.82. The molecule has 0 heterocycles. The van der Waals surface area contributed by atoms with Gasteiger partial charge in [-0.1, -0.05) is 24.3 Å². The van der Waals surface area contributed by atoms with E-state index in [-0.39, 0.29) is 11.7 Å². The molecule has 0 fully saturated rings. The Bertz CT molecular complexity index is 646. The van der Waals surface area contributed by atoms with E-state index in [0.717, 1.165) is 16.8 Å². The van der Waals surface area contributed by atoms with Gasteiger partial charge < -0.3 is 10.2 Å². The van der Waals surface area contributed by atoms with Crippen LogP contribution in [0.3, 0.4) is 0 Å². The predicted octanol–water partition coefficient (Wildman–Crippen LogP) is 3.22. The molecule has 114 valence electrons. The van der Waals surface area contributed by atoms with Crippen molar-refractivity contribution in [1.29, 1.82) is 0 Å². The zero-order valence-corrected chi connectivity index (χ0v) is 12.7. The van der Waals surface area contributed by atoms with Crippen LogP contribution in [-0.4, -0.2) is 20.0 Å². The molecule has 0 radical (unpaired) electrons. The number of hydrogen-bond donors (Lipinski definition) is 1. The van der Waals surface area contributed by atoms with E-state index in [9.17, 15) is 9.18 Å². The van der Waals surface area contributed by atoms with E-state index in [1.54, 1.807) is 18.2 Å². The maximum absolute atomic E-state index is 12.8. The number of rotatable bonds is 5. The van der Waals surface area contributed by atoms with Crippen LogP contribution in [0.5, 0.6) is 0 Å². The van der Waals surface area contributed by atoms with Gasteiger partial charge >= 0.3 is 0 Å². The van der Waals surface area contributed by atoms with Crippen LogP contribution in [0, 0.1) is 5.82 Å². The zero-order chi connectivity index (χ0) is 15.9. The lowest BCUT2D eigenvalue weighted by atomic mass is 10.2. The van der Waals surface area contributed by atoms with Gasteiger partial charge in [0.05, 0.1) is 0 Å². The molecule has 2 rings (SSSR count). The summed E-state index contributed by atoms with van der Waals surface area (Å²) in [4.78, 5) is 13.8. The molecule has 0 unspecified atom stereocenters. The van der Waals surface area contributed by atoms with Gasteiger partial charge in [-0.25, -0.2) is 4.39 Å². The molecular weight excluding hydrogens is 279 g/mol. The first-order valence-corrected chi connectivity index (χ1v) is 7.02. The highest BCUT2D eigenvalue weighted by Gasteiger charge is 1.99. The number of nitrogens with one attached hydrogen (secondary N) is 1. The minimum absolute atomic E-state index is 0.180. The second-order valence-electron chi connectivity index (χ2n) is 5.16. The van der Waals surface area contributed by atoms with E-state index in [1.165, 1.54) is 18.2 Å². The fourth-order valence-corrected chi connectivity index (χ4v) is 1.91. The van der Waals surface area contributed by atoms with E-state index < -0.39 is 0 Å². The van der Waals surface area contributed by atoms with Crippen molar-refractivity contribution in [3.05, 3.63) is 71.6 Å². The van der Waals surface area contributed by atoms with Gasteiger partial charge in [-0.3, -0.25) is 4.79 Å².